The molecule has 1 heterocycles. The van der Waals surface area contributed by atoms with Crippen molar-refractivity contribution in [3.63, 3.8) is 0 Å². The second-order valence-electron chi connectivity index (χ2n) is 4.49. The zero-order valence-corrected chi connectivity index (χ0v) is 13.7. The fraction of sp³-hybridized carbons (Fsp3) is 0.214. The smallest absolute Gasteiger partial charge is 0.243 e. The summed E-state index contributed by atoms with van der Waals surface area (Å²) in [7, 11) is -2.16. The number of nitrogens with zero attached hydrogens (tertiary/aromatic N) is 2. The molecule has 0 atom stereocenters. The molecule has 7 heteroatoms. The van der Waals surface area contributed by atoms with Gasteiger partial charge >= 0.3 is 0 Å². The Kier molecular flexibility index (Phi) is 5.22. The molecule has 0 saturated heterocycles. The Morgan fingerprint density at radius 3 is 2.48 bits per heavy atom. The van der Waals surface area contributed by atoms with Crippen molar-refractivity contribution in [1.29, 1.82) is 0 Å². The first-order chi connectivity index (χ1) is 9.95. The van der Waals surface area contributed by atoms with E-state index in [1.807, 2.05) is 6.07 Å². The van der Waals surface area contributed by atoms with E-state index in [-0.39, 0.29) is 11.6 Å². The van der Waals surface area contributed by atoms with Gasteiger partial charge in [0, 0.05) is 30.7 Å². The van der Waals surface area contributed by atoms with Crippen molar-refractivity contribution in [3.05, 3.63) is 58.7 Å². The summed E-state index contributed by atoms with van der Waals surface area (Å²) in [5.74, 6) is 0.294. The van der Waals surface area contributed by atoms with Crippen molar-refractivity contribution in [1.82, 2.24) is 9.29 Å². The fourth-order valence-electron chi connectivity index (χ4n) is 1.75. The van der Waals surface area contributed by atoms with E-state index in [4.69, 9.17) is 23.2 Å². The first-order valence-corrected chi connectivity index (χ1v) is 8.51. The molecule has 0 radical (unpaired) electrons. The number of sulfonamides is 1. The number of alkyl halides is 1. The summed E-state index contributed by atoms with van der Waals surface area (Å²) in [4.78, 5) is 3.96. The van der Waals surface area contributed by atoms with Crippen molar-refractivity contribution in [3.8, 4) is 0 Å². The van der Waals surface area contributed by atoms with Gasteiger partial charge in [-0.05, 0) is 23.3 Å². The minimum atomic E-state index is -3.66. The maximum Gasteiger partial charge on any atom is 0.260 e. The number of pyridine rings is 1. The Labute approximate surface area is 134 Å². The van der Waals surface area contributed by atoms with E-state index >= 15 is 0 Å². The number of hydrogen-bond acceptors (Lipinski definition) is 3. The van der Waals surface area contributed by atoms with Crippen molar-refractivity contribution in [2.75, 3.05) is 7.05 Å². The highest BCUT2D eigenvalue weighted by atomic mass is 35.5. The molecule has 0 N–H and O–H groups in total. The highest BCUT2D eigenvalue weighted by Gasteiger charge is 2.22. The zero-order valence-electron chi connectivity index (χ0n) is 11.3. The summed E-state index contributed by atoms with van der Waals surface area (Å²) < 4.78 is 26.1. The fourth-order valence-corrected chi connectivity index (χ4v) is 3.16. The molecule has 2 aromatic rings. The molecule has 2 rings (SSSR count). The highest BCUT2D eigenvalue weighted by molar-refractivity contribution is 7.89. The van der Waals surface area contributed by atoms with Crippen LogP contribution in [0.15, 0.2) is 47.6 Å². The van der Waals surface area contributed by atoms with Gasteiger partial charge in [-0.15, -0.1) is 11.6 Å². The molecule has 0 amide bonds. The molecule has 4 nitrogen and oxygen atoms in total. The van der Waals surface area contributed by atoms with Crippen LogP contribution in [0.2, 0.25) is 5.02 Å². The second kappa shape index (κ2) is 6.75. The van der Waals surface area contributed by atoms with Crippen molar-refractivity contribution < 1.29 is 8.42 Å². The van der Waals surface area contributed by atoms with E-state index in [1.54, 1.807) is 24.3 Å². The van der Waals surface area contributed by atoms with Gasteiger partial charge in [-0.3, -0.25) is 0 Å². The van der Waals surface area contributed by atoms with Crippen LogP contribution in [0.3, 0.4) is 0 Å². The minimum absolute atomic E-state index is 0.00841. The molecule has 0 aliphatic rings. The summed E-state index contributed by atoms with van der Waals surface area (Å²) in [5, 5.41) is 0.524. The Hall–Kier alpha value is -1.14. The molecule has 21 heavy (non-hydrogen) atoms. The van der Waals surface area contributed by atoms with E-state index in [2.05, 4.69) is 4.98 Å². The first kappa shape index (κ1) is 16.2. The third-order valence-electron chi connectivity index (χ3n) is 2.98. The molecule has 1 aromatic heterocycles. The summed E-state index contributed by atoms with van der Waals surface area (Å²) in [5.41, 5.74) is 1.51. The van der Waals surface area contributed by atoms with Crippen LogP contribution in [0.1, 0.15) is 11.1 Å². The van der Waals surface area contributed by atoms with Crippen LogP contribution < -0.4 is 0 Å². The predicted molar refractivity (Wildman–Crippen MR) is 83.9 cm³/mol. The van der Waals surface area contributed by atoms with Crippen molar-refractivity contribution in [2.24, 2.45) is 0 Å². The van der Waals surface area contributed by atoms with Crippen LogP contribution in [0.4, 0.5) is 0 Å². The molecule has 1 aromatic carbocycles. The van der Waals surface area contributed by atoms with Gasteiger partial charge in [0.15, 0.2) is 5.03 Å². The van der Waals surface area contributed by atoms with Gasteiger partial charge in [0.05, 0.1) is 0 Å². The van der Waals surface area contributed by atoms with Gasteiger partial charge in [-0.1, -0.05) is 35.9 Å². The Bertz CT molecular complexity index is 718. The molecular formula is C14H14Cl2N2O2S. The molecule has 0 aliphatic heterocycles. The van der Waals surface area contributed by atoms with Crippen LogP contribution >= 0.6 is 23.2 Å². The monoisotopic (exact) mass is 344 g/mol. The summed E-state index contributed by atoms with van der Waals surface area (Å²) in [6.07, 6.45) is 1.46. The number of benzene rings is 1. The van der Waals surface area contributed by atoms with Crippen molar-refractivity contribution >= 4 is 33.2 Å². The van der Waals surface area contributed by atoms with E-state index in [0.29, 0.717) is 10.9 Å². The lowest BCUT2D eigenvalue weighted by molar-refractivity contribution is 0.464. The Balaban J connectivity index is 2.24. The quantitative estimate of drug-likeness (QED) is 0.782. The average Bonchev–Trinajstić information content (AvgIpc) is 2.49. The summed E-state index contributed by atoms with van der Waals surface area (Å²) in [6, 6.07) is 10.2. The van der Waals surface area contributed by atoms with Gasteiger partial charge in [-0.2, -0.15) is 4.31 Å². The van der Waals surface area contributed by atoms with Crippen LogP contribution in [0.5, 0.6) is 0 Å². The normalized spacial score (nSPS) is 11.8. The van der Waals surface area contributed by atoms with E-state index in [1.165, 1.54) is 23.6 Å². The minimum Gasteiger partial charge on any atom is -0.243 e. The zero-order chi connectivity index (χ0) is 15.5. The molecule has 0 saturated carbocycles. The molecule has 0 unspecified atom stereocenters. The lowest BCUT2D eigenvalue weighted by Crippen LogP contribution is -2.27. The van der Waals surface area contributed by atoms with E-state index in [0.717, 1.165) is 11.1 Å². The van der Waals surface area contributed by atoms with Gasteiger partial charge < -0.3 is 0 Å². The van der Waals surface area contributed by atoms with Crippen LogP contribution in [0.25, 0.3) is 0 Å². The third kappa shape index (κ3) is 3.74. The largest absolute Gasteiger partial charge is 0.260 e. The van der Waals surface area contributed by atoms with Gasteiger partial charge in [-0.25, -0.2) is 13.4 Å². The van der Waals surface area contributed by atoms with Gasteiger partial charge in [0.1, 0.15) is 0 Å². The number of hydrogen-bond donors (Lipinski definition) is 0. The maximum absolute atomic E-state index is 12.4. The standard InChI is InChI=1S/C14H14Cl2N2O2S/c1-18(10-12-4-2-3-5-13(12)16)21(19,20)14-7-6-11(8-15)9-17-14/h2-7,9H,8,10H2,1H3. The number of halogens is 2. The van der Waals surface area contributed by atoms with Crippen LogP contribution in [-0.4, -0.2) is 24.8 Å². The highest BCUT2D eigenvalue weighted by Crippen LogP contribution is 2.20. The first-order valence-electron chi connectivity index (χ1n) is 6.16. The number of rotatable bonds is 5. The van der Waals surface area contributed by atoms with Crippen LogP contribution in [-0.2, 0) is 22.4 Å². The molecule has 0 fully saturated rings. The van der Waals surface area contributed by atoms with Crippen LogP contribution in [0, 0.1) is 0 Å². The topological polar surface area (TPSA) is 50.3 Å². The molecule has 0 aliphatic carbocycles. The lowest BCUT2D eigenvalue weighted by atomic mass is 10.2. The van der Waals surface area contributed by atoms with E-state index in [9.17, 15) is 8.42 Å². The summed E-state index contributed by atoms with van der Waals surface area (Å²) >= 11 is 11.7. The lowest BCUT2D eigenvalue weighted by Gasteiger charge is -2.17. The Morgan fingerprint density at radius 2 is 1.90 bits per heavy atom. The predicted octanol–water partition coefficient (Wildman–Crippen LogP) is 3.29. The molecule has 0 bridgehead atoms. The second-order valence-corrected chi connectivity index (χ2v) is 7.16. The molecular weight excluding hydrogens is 331 g/mol. The Morgan fingerprint density at radius 1 is 1.19 bits per heavy atom. The average molecular weight is 345 g/mol. The third-order valence-corrected chi connectivity index (χ3v) is 5.37. The summed E-state index contributed by atoms with van der Waals surface area (Å²) in [6.45, 7) is 0.181. The molecule has 0 spiro atoms. The SMILES string of the molecule is CN(Cc1ccccc1Cl)S(=O)(=O)c1ccc(CCl)cn1. The van der Waals surface area contributed by atoms with Gasteiger partial charge in [0.2, 0.25) is 0 Å². The maximum atomic E-state index is 12.4. The molecule has 112 valence electrons. The number of aromatic nitrogens is 1. The van der Waals surface area contributed by atoms with Crippen molar-refractivity contribution in [2.45, 2.75) is 17.5 Å². The van der Waals surface area contributed by atoms with Gasteiger partial charge in [0.25, 0.3) is 10.0 Å². The van der Waals surface area contributed by atoms with E-state index < -0.39 is 10.0 Å².